The number of halogens is 1. The van der Waals surface area contributed by atoms with Gasteiger partial charge >= 0.3 is 0 Å². The summed E-state index contributed by atoms with van der Waals surface area (Å²) in [4.78, 5) is 11.5. The quantitative estimate of drug-likeness (QED) is 0.572. The molecule has 2 unspecified atom stereocenters. The topological polar surface area (TPSA) is 38.3 Å². The van der Waals surface area contributed by atoms with Crippen molar-refractivity contribution >= 4 is 17.5 Å². The number of amides is 1. The van der Waals surface area contributed by atoms with Crippen molar-refractivity contribution in [2.45, 2.75) is 32.0 Å². The molecule has 0 aromatic carbocycles. The summed E-state index contributed by atoms with van der Waals surface area (Å²) in [5.74, 6) is 0.459. The molecule has 4 heteroatoms. The van der Waals surface area contributed by atoms with E-state index in [-0.39, 0.29) is 18.1 Å². The Morgan fingerprint density at radius 2 is 2.36 bits per heavy atom. The first-order chi connectivity index (χ1) is 6.74. The van der Waals surface area contributed by atoms with E-state index in [0.29, 0.717) is 12.4 Å². The van der Waals surface area contributed by atoms with Crippen LogP contribution in [0.2, 0.25) is 0 Å². The molecule has 1 N–H and O–H groups in total. The first kappa shape index (κ1) is 11.5. The van der Waals surface area contributed by atoms with Gasteiger partial charge < -0.3 is 10.1 Å². The standard InChI is InChI=1S/C10H16ClNO2/c1-8-4-5-9(14-8)10(13)12-7-3-2-6-11/h2-3,8-9H,4-7H2,1H3,(H,12,13)/b3-2+. The van der Waals surface area contributed by atoms with Crippen molar-refractivity contribution in [2.24, 2.45) is 0 Å². The van der Waals surface area contributed by atoms with Gasteiger partial charge in [-0.2, -0.15) is 0 Å². The molecule has 0 spiro atoms. The maximum Gasteiger partial charge on any atom is 0.249 e. The van der Waals surface area contributed by atoms with Crippen LogP contribution < -0.4 is 5.32 Å². The fraction of sp³-hybridized carbons (Fsp3) is 0.700. The van der Waals surface area contributed by atoms with E-state index in [1.54, 1.807) is 6.08 Å². The van der Waals surface area contributed by atoms with E-state index >= 15 is 0 Å². The van der Waals surface area contributed by atoms with Crippen molar-refractivity contribution in [2.75, 3.05) is 12.4 Å². The molecule has 1 saturated heterocycles. The third kappa shape index (κ3) is 3.68. The van der Waals surface area contributed by atoms with E-state index in [9.17, 15) is 4.79 Å². The zero-order chi connectivity index (χ0) is 10.4. The average Bonchev–Trinajstić information content (AvgIpc) is 2.59. The van der Waals surface area contributed by atoms with Crippen LogP contribution in [0.25, 0.3) is 0 Å². The van der Waals surface area contributed by atoms with E-state index in [4.69, 9.17) is 16.3 Å². The van der Waals surface area contributed by atoms with Crippen LogP contribution in [0.3, 0.4) is 0 Å². The number of carbonyl (C=O) groups excluding carboxylic acids is 1. The summed E-state index contributed by atoms with van der Waals surface area (Å²) in [5.41, 5.74) is 0. The van der Waals surface area contributed by atoms with Gasteiger partial charge in [0, 0.05) is 12.4 Å². The number of allylic oxidation sites excluding steroid dienone is 1. The van der Waals surface area contributed by atoms with Gasteiger partial charge in [-0.05, 0) is 19.8 Å². The Balaban J connectivity index is 2.18. The molecule has 14 heavy (non-hydrogen) atoms. The molecule has 0 aromatic rings. The molecular weight excluding hydrogens is 202 g/mol. The van der Waals surface area contributed by atoms with Gasteiger partial charge in [0.2, 0.25) is 5.91 Å². The van der Waals surface area contributed by atoms with Gasteiger partial charge in [0.25, 0.3) is 0 Å². The van der Waals surface area contributed by atoms with Crippen molar-refractivity contribution in [1.29, 1.82) is 0 Å². The van der Waals surface area contributed by atoms with Crippen LogP contribution in [-0.4, -0.2) is 30.5 Å². The highest BCUT2D eigenvalue weighted by Crippen LogP contribution is 2.18. The number of hydrogen-bond acceptors (Lipinski definition) is 2. The van der Waals surface area contributed by atoms with Crippen LogP contribution >= 0.6 is 11.6 Å². The second kappa shape index (κ2) is 6.04. The smallest absolute Gasteiger partial charge is 0.249 e. The monoisotopic (exact) mass is 217 g/mol. The second-order valence-corrected chi connectivity index (χ2v) is 3.69. The van der Waals surface area contributed by atoms with Crippen LogP contribution in [-0.2, 0) is 9.53 Å². The van der Waals surface area contributed by atoms with Crippen LogP contribution in [0.5, 0.6) is 0 Å². The molecule has 3 nitrogen and oxygen atoms in total. The summed E-state index contributed by atoms with van der Waals surface area (Å²) < 4.78 is 5.42. The maximum atomic E-state index is 11.5. The summed E-state index contributed by atoms with van der Waals surface area (Å²) in [5, 5.41) is 2.77. The average molecular weight is 218 g/mol. The van der Waals surface area contributed by atoms with Crippen molar-refractivity contribution in [1.82, 2.24) is 5.32 Å². The number of ether oxygens (including phenoxy) is 1. The Labute approximate surface area is 89.5 Å². The van der Waals surface area contributed by atoms with Gasteiger partial charge in [0.1, 0.15) is 6.10 Å². The molecule has 2 atom stereocenters. The summed E-state index contributed by atoms with van der Waals surface area (Å²) in [6, 6.07) is 0. The van der Waals surface area contributed by atoms with E-state index in [2.05, 4.69) is 5.32 Å². The zero-order valence-corrected chi connectivity index (χ0v) is 9.09. The van der Waals surface area contributed by atoms with Crippen molar-refractivity contribution in [3.8, 4) is 0 Å². The highest BCUT2D eigenvalue weighted by atomic mass is 35.5. The molecule has 1 fully saturated rings. The molecule has 0 aromatic heterocycles. The Bertz CT molecular complexity index is 218. The molecule has 0 saturated carbocycles. The molecule has 0 bridgehead atoms. The Morgan fingerprint density at radius 1 is 1.57 bits per heavy atom. The number of alkyl halides is 1. The lowest BCUT2D eigenvalue weighted by atomic mass is 10.2. The second-order valence-electron chi connectivity index (χ2n) is 3.38. The third-order valence-corrected chi connectivity index (χ3v) is 2.35. The third-order valence-electron chi connectivity index (χ3n) is 2.17. The van der Waals surface area contributed by atoms with E-state index in [0.717, 1.165) is 12.8 Å². The molecule has 0 radical (unpaired) electrons. The Morgan fingerprint density at radius 3 is 2.93 bits per heavy atom. The van der Waals surface area contributed by atoms with Crippen LogP contribution in [0.1, 0.15) is 19.8 Å². The molecule has 0 aliphatic carbocycles. The van der Waals surface area contributed by atoms with Gasteiger partial charge in [-0.25, -0.2) is 0 Å². The minimum Gasteiger partial charge on any atom is -0.365 e. The molecule has 80 valence electrons. The highest BCUT2D eigenvalue weighted by molar-refractivity contribution is 6.18. The lowest BCUT2D eigenvalue weighted by molar-refractivity contribution is -0.131. The lowest BCUT2D eigenvalue weighted by Crippen LogP contribution is -2.34. The van der Waals surface area contributed by atoms with Gasteiger partial charge in [-0.15, -0.1) is 11.6 Å². The molecule has 1 aliphatic rings. The largest absolute Gasteiger partial charge is 0.365 e. The van der Waals surface area contributed by atoms with E-state index < -0.39 is 0 Å². The molecule has 1 heterocycles. The first-order valence-corrected chi connectivity index (χ1v) is 5.41. The highest BCUT2D eigenvalue weighted by Gasteiger charge is 2.27. The van der Waals surface area contributed by atoms with Gasteiger partial charge in [-0.1, -0.05) is 12.2 Å². The number of carbonyl (C=O) groups is 1. The Kier molecular flexibility index (Phi) is 4.98. The number of rotatable bonds is 4. The zero-order valence-electron chi connectivity index (χ0n) is 8.33. The van der Waals surface area contributed by atoms with Crippen LogP contribution in [0.4, 0.5) is 0 Å². The number of hydrogen-bond donors (Lipinski definition) is 1. The summed E-state index contributed by atoms with van der Waals surface area (Å²) in [6.45, 7) is 2.51. The molecule has 1 amide bonds. The normalized spacial score (nSPS) is 27.0. The van der Waals surface area contributed by atoms with Gasteiger partial charge in [0.15, 0.2) is 0 Å². The van der Waals surface area contributed by atoms with Crippen molar-refractivity contribution in [3.05, 3.63) is 12.2 Å². The summed E-state index contributed by atoms with van der Waals surface area (Å²) in [7, 11) is 0. The van der Waals surface area contributed by atoms with E-state index in [1.807, 2.05) is 13.0 Å². The SMILES string of the molecule is CC1CCC(C(=O)NC/C=C/CCl)O1. The predicted molar refractivity (Wildman–Crippen MR) is 56.4 cm³/mol. The summed E-state index contributed by atoms with van der Waals surface area (Å²) >= 11 is 5.44. The van der Waals surface area contributed by atoms with Crippen LogP contribution in [0.15, 0.2) is 12.2 Å². The summed E-state index contributed by atoms with van der Waals surface area (Å²) in [6.07, 6.45) is 5.39. The predicted octanol–water partition coefficient (Wildman–Crippen LogP) is 1.47. The maximum absolute atomic E-state index is 11.5. The first-order valence-electron chi connectivity index (χ1n) is 4.88. The van der Waals surface area contributed by atoms with Crippen LogP contribution in [0, 0.1) is 0 Å². The molecule has 1 aliphatic heterocycles. The lowest BCUT2D eigenvalue weighted by Gasteiger charge is -2.10. The minimum atomic E-state index is -0.255. The van der Waals surface area contributed by atoms with Crippen molar-refractivity contribution < 1.29 is 9.53 Å². The minimum absolute atomic E-state index is 0.0198. The van der Waals surface area contributed by atoms with Gasteiger partial charge in [-0.3, -0.25) is 4.79 Å². The van der Waals surface area contributed by atoms with Gasteiger partial charge in [0.05, 0.1) is 6.10 Å². The number of nitrogens with one attached hydrogen (secondary N) is 1. The van der Waals surface area contributed by atoms with Crippen molar-refractivity contribution in [3.63, 3.8) is 0 Å². The molecule has 1 rings (SSSR count). The molecular formula is C10H16ClNO2. The fourth-order valence-electron chi connectivity index (χ4n) is 1.42. The fourth-order valence-corrected chi connectivity index (χ4v) is 1.54. The Hall–Kier alpha value is -0.540. The van der Waals surface area contributed by atoms with E-state index in [1.165, 1.54) is 0 Å².